The molecule has 2 aliphatic carbocycles. The molecule has 15 heavy (non-hydrogen) atoms. The fraction of sp³-hybridized carbons (Fsp3) is 0.636. The second-order valence-corrected chi connectivity index (χ2v) is 6.13. The minimum Gasteiger partial charge on any atom is -1.00 e. The Bertz CT molecular complexity index is 259. The summed E-state index contributed by atoms with van der Waals surface area (Å²) in [5.74, 6) is 1.74. The van der Waals surface area contributed by atoms with Gasteiger partial charge in [-0.3, -0.25) is 0 Å². The zero-order chi connectivity index (χ0) is 8.77. The monoisotopic (exact) mass is 300 g/mol. The summed E-state index contributed by atoms with van der Waals surface area (Å²) in [6.45, 7) is 4.78. The van der Waals surface area contributed by atoms with Crippen LogP contribution in [0.5, 0.6) is 0 Å². The van der Waals surface area contributed by atoms with Crippen LogP contribution in [-0.4, -0.2) is 0 Å². The van der Waals surface area contributed by atoms with Crippen LogP contribution in [-0.2, 0) is 20.4 Å². The van der Waals surface area contributed by atoms with Crippen LogP contribution < -0.4 is 37.2 Å². The van der Waals surface area contributed by atoms with Crippen molar-refractivity contribution in [3.05, 3.63) is 23.8 Å². The first kappa shape index (κ1) is 18.4. The molecule has 0 heterocycles. The van der Waals surface area contributed by atoms with Gasteiger partial charge in [0.05, 0.1) is 0 Å². The van der Waals surface area contributed by atoms with E-state index in [2.05, 4.69) is 52.5 Å². The van der Waals surface area contributed by atoms with Gasteiger partial charge in [-0.05, 0) is 0 Å². The number of fused-ring (bicyclic) bond motifs is 1. The quantitative estimate of drug-likeness (QED) is 0.391. The van der Waals surface area contributed by atoms with E-state index in [-0.39, 0.29) is 37.2 Å². The van der Waals surface area contributed by atoms with E-state index in [1.54, 1.807) is 5.57 Å². The molecule has 0 aromatic carbocycles. The van der Waals surface area contributed by atoms with Crippen LogP contribution in [0.2, 0.25) is 3.72 Å². The van der Waals surface area contributed by atoms with E-state index in [9.17, 15) is 0 Å². The van der Waals surface area contributed by atoms with Crippen LogP contribution in [0.25, 0.3) is 0 Å². The minimum absolute atomic E-state index is 0. The van der Waals surface area contributed by atoms with Gasteiger partial charge in [-0.1, -0.05) is 0 Å². The Labute approximate surface area is 123 Å². The topological polar surface area (TPSA) is 0 Å². The summed E-state index contributed by atoms with van der Waals surface area (Å²) in [4.78, 5) is 0. The molecule has 0 aromatic rings. The summed E-state index contributed by atoms with van der Waals surface area (Å²) in [5, 5.41) is 0. The smallest absolute Gasteiger partial charge is 1.00 e. The third-order valence-electron chi connectivity index (χ3n) is 3.26. The van der Waals surface area contributed by atoms with E-state index in [0.29, 0.717) is 3.72 Å². The molecular formula is C11H15Cl3Ti. The van der Waals surface area contributed by atoms with Gasteiger partial charge in [0.15, 0.2) is 0 Å². The molecule has 0 radical (unpaired) electrons. The molecule has 1 fully saturated rings. The standard InChI is InChI=1S/C11H15.3ClH.Ti/c1-8-7-9(2)11-6-4-3-5-10(8)11;;;;/h3-5,9,11H,6-7H2,1-2H3;3*1H;/q;;;;+3/p-3. The number of hydrogen-bond acceptors (Lipinski definition) is 0. The molecule has 2 rings (SSSR count). The van der Waals surface area contributed by atoms with Gasteiger partial charge in [0, 0.05) is 0 Å². The number of allylic oxidation sites excluding steroid dienone is 4. The van der Waals surface area contributed by atoms with E-state index < -0.39 is 0 Å². The largest absolute Gasteiger partial charge is 1.00 e. The van der Waals surface area contributed by atoms with Crippen molar-refractivity contribution in [3.63, 3.8) is 0 Å². The summed E-state index contributed by atoms with van der Waals surface area (Å²) in [5.41, 5.74) is 1.69. The minimum atomic E-state index is 0. The van der Waals surface area contributed by atoms with Gasteiger partial charge >= 0.3 is 86.5 Å². The number of halogens is 3. The summed E-state index contributed by atoms with van der Waals surface area (Å²) >= 11 is 2.38. The summed E-state index contributed by atoms with van der Waals surface area (Å²) in [6.07, 6.45) is 9.52. The van der Waals surface area contributed by atoms with Gasteiger partial charge in [-0.15, -0.1) is 0 Å². The van der Waals surface area contributed by atoms with Crippen molar-refractivity contribution in [2.24, 2.45) is 11.8 Å². The van der Waals surface area contributed by atoms with E-state index in [1.807, 2.05) is 0 Å². The zero-order valence-electron chi connectivity index (χ0n) is 8.93. The second kappa shape index (κ2) is 6.72. The summed E-state index contributed by atoms with van der Waals surface area (Å²) in [7, 11) is 0. The van der Waals surface area contributed by atoms with Crippen LogP contribution in [0.3, 0.4) is 0 Å². The fourth-order valence-electron chi connectivity index (χ4n) is 2.68. The third-order valence-corrected chi connectivity index (χ3v) is 4.03. The first-order valence-corrected chi connectivity index (χ1v) is 5.51. The van der Waals surface area contributed by atoms with Crippen molar-refractivity contribution in [1.29, 1.82) is 0 Å². The average molecular weight is 301 g/mol. The average Bonchev–Trinajstić information content (AvgIpc) is 2.25. The molecule has 3 atom stereocenters. The van der Waals surface area contributed by atoms with Gasteiger partial charge in [0.25, 0.3) is 0 Å². The predicted octanol–water partition coefficient (Wildman–Crippen LogP) is -5.73. The van der Waals surface area contributed by atoms with Crippen LogP contribution in [0.4, 0.5) is 0 Å². The SMILES string of the molecule is CC1C[C](C)([Ti+3])C2=CC=CCC21.[Cl-].[Cl-].[Cl-]. The number of hydrogen-bond donors (Lipinski definition) is 0. The van der Waals surface area contributed by atoms with Crippen LogP contribution in [0, 0.1) is 11.8 Å². The van der Waals surface area contributed by atoms with Crippen molar-refractivity contribution >= 4 is 0 Å². The molecule has 0 aliphatic heterocycles. The van der Waals surface area contributed by atoms with Crippen molar-refractivity contribution in [1.82, 2.24) is 0 Å². The second-order valence-electron chi connectivity index (χ2n) is 4.41. The summed E-state index contributed by atoms with van der Waals surface area (Å²) in [6, 6.07) is 0. The molecule has 0 nitrogen and oxygen atoms in total. The van der Waals surface area contributed by atoms with Crippen molar-refractivity contribution in [2.75, 3.05) is 0 Å². The number of rotatable bonds is 0. The molecular weight excluding hydrogens is 286 g/mol. The first-order valence-electron chi connectivity index (χ1n) is 4.73. The molecule has 0 bridgehead atoms. The molecule has 1 saturated carbocycles. The maximum absolute atomic E-state index is 2.40. The van der Waals surface area contributed by atoms with Gasteiger partial charge in [0.2, 0.25) is 0 Å². The summed E-state index contributed by atoms with van der Waals surface area (Å²) < 4.78 is 0.467. The van der Waals surface area contributed by atoms with Crippen LogP contribution in [0.15, 0.2) is 23.8 Å². The molecule has 0 aromatic heterocycles. The molecule has 2 aliphatic rings. The van der Waals surface area contributed by atoms with Crippen molar-refractivity contribution in [2.45, 2.75) is 30.4 Å². The zero-order valence-corrected chi connectivity index (χ0v) is 12.8. The van der Waals surface area contributed by atoms with E-state index in [4.69, 9.17) is 0 Å². The van der Waals surface area contributed by atoms with Gasteiger partial charge in [-0.2, -0.15) is 0 Å². The first-order chi connectivity index (χ1) is 5.61. The Balaban J connectivity index is 0. The molecule has 4 heteroatoms. The van der Waals surface area contributed by atoms with E-state index in [1.165, 1.54) is 12.8 Å². The van der Waals surface area contributed by atoms with Crippen LogP contribution in [0.1, 0.15) is 26.7 Å². The van der Waals surface area contributed by atoms with E-state index in [0.717, 1.165) is 11.8 Å². The maximum atomic E-state index is 2.40. The van der Waals surface area contributed by atoms with Crippen molar-refractivity contribution in [3.8, 4) is 0 Å². The molecule has 0 amide bonds. The molecule has 0 spiro atoms. The Morgan fingerprint density at radius 2 is 1.93 bits per heavy atom. The molecule has 0 N–H and O–H groups in total. The normalized spacial score (nSPS) is 36.7. The maximum Gasteiger partial charge on any atom is -1.00 e. The molecule has 3 unspecified atom stereocenters. The Morgan fingerprint density at radius 3 is 2.47 bits per heavy atom. The van der Waals surface area contributed by atoms with E-state index >= 15 is 0 Å². The van der Waals surface area contributed by atoms with Gasteiger partial charge in [-0.25, -0.2) is 0 Å². The Morgan fingerprint density at radius 1 is 1.33 bits per heavy atom. The predicted molar refractivity (Wildman–Crippen MR) is 47.5 cm³/mol. The Hall–Kier alpha value is 1.06. The fourth-order valence-corrected chi connectivity index (χ4v) is 3.61. The van der Waals surface area contributed by atoms with Gasteiger partial charge in [0.1, 0.15) is 0 Å². The Kier molecular flexibility index (Phi) is 8.25. The third kappa shape index (κ3) is 3.51. The van der Waals surface area contributed by atoms with Crippen molar-refractivity contribution < 1.29 is 57.7 Å². The molecule has 0 saturated heterocycles. The van der Waals surface area contributed by atoms with Gasteiger partial charge < -0.3 is 37.2 Å². The van der Waals surface area contributed by atoms with Crippen LogP contribution >= 0.6 is 0 Å². The molecule has 84 valence electrons.